The topological polar surface area (TPSA) is 95.5 Å². The molecule has 3 N–H and O–H groups in total. The zero-order valence-corrected chi connectivity index (χ0v) is 13.0. The van der Waals surface area contributed by atoms with E-state index in [0.29, 0.717) is 17.0 Å². The molecule has 1 heterocycles. The van der Waals surface area contributed by atoms with Crippen LogP contribution in [0.3, 0.4) is 0 Å². The summed E-state index contributed by atoms with van der Waals surface area (Å²) in [5.41, 5.74) is 0.395. The first-order valence-electron chi connectivity index (χ1n) is 6.90. The van der Waals surface area contributed by atoms with E-state index in [1.54, 1.807) is 6.07 Å². The quantitative estimate of drug-likeness (QED) is 0.686. The minimum Gasteiger partial charge on any atom is -0.481 e. The summed E-state index contributed by atoms with van der Waals surface area (Å²) >= 11 is 1.37. The third-order valence-corrected chi connectivity index (χ3v) is 3.93. The Morgan fingerprint density at radius 2 is 1.95 bits per heavy atom. The van der Waals surface area contributed by atoms with Crippen molar-refractivity contribution in [2.45, 2.75) is 39.5 Å². The Hall–Kier alpha value is -1.89. The van der Waals surface area contributed by atoms with Crippen molar-refractivity contribution in [2.75, 3.05) is 11.9 Å². The summed E-state index contributed by atoms with van der Waals surface area (Å²) in [4.78, 5) is 35.2. The van der Waals surface area contributed by atoms with Crippen LogP contribution in [0.2, 0.25) is 0 Å². The summed E-state index contributed by atoms with van der Waals surface area (Å²) in [5, 5.41) is 14.4. The highest BCUT2D eigenvalue weighted by Crippen LogP contribution is 2.28. The van der Waals surface area contributed by atoms with E-state index in [-0.39, 0.29) is 24.8 Å². The zero-order valence-electron chi connectivity index (χ0n) is 12.2. The van der Waals surface area contributed by atoms with Crippen LogP contribution in [0.1, 0.15) is 48.3 Å². The molecule has 0 saturated carbocycles. The van der Waals surface area contributed by atoms with Gasteiger partial charge in [-0.15, -0.1) is 11.3 Å². The lowest BCUT2D eigenvalue weighted by molar-refractivity contribution is -0.136. The number of carboxylic acids is 1. The van der Waals surface area contributed by atoms with Gasteiger partial charge in [-0.3, -0.25) is 14.4 Å². The van der Waals surface area contributed by atoms with Crippen LogP contribution < -0.4 is 10.6 Å². The Balaban J connectivity index is 2.78. The minimum absolute atomic E-state index is 0.0633. The summed E-state index contributed by atoms with van der Waals surface area (Å²) in [5.74, 6) is -1.45. The maximum absolute atomic E-state index is 12.1. The maximum Gasteiger partial charge on any atom is 0.305 e. The highest BCUT2D eigenvalue weighted by atomic mass is 32.1. The molecule has 0 saturated heterocycles. The molecule has 1 aromatic heterocycles. The van der Waals surface area contributed by atoms with Crippen molar-refractivity contribution < 1.29 is 19.5 Å². The van der Waals surface area contributed by atoms with E-state index in [1.807, 2.05) is 13.8 Å². The summed E-state index contributed by atoms with van der Waals surface area (Å²) < 4.78 is 0. The number of anilines is 1. The van der Waals surface area contributed by atoms with Crippen LogP contribution in [0.15, 0.2) is 6.07 Å². The Bertz CT molecular complexity index is 525. The minimum atomic E-state index is -0.966. The van der Waals surface area contributed by atoms with Crippen LogP contribution in [0.5, 0.6) is 0 Å². The van der Waals surface area contributed by atoms with E-state index in [0.717, 1.165) is 17.7 Å². The van der Waals surface area contributed by atoms with Crippen molar-refractivity contribution in [3.8, 4) is 0 Å². The Morgan fingerprint density at radius 1 is 1.24 bits per heavy atom. The highest BCUT2D eigenvalue weighted by molar-refractivity contribution is 7.16. The number of hydrogen-bond acceptors (Lipinski definition) is 4. The number of carboxylic acid groups (broad SMARTS) is 1. The van der Waals surface area contributed by atoms with E-state index in [1.165, 1.54) is 11.3 Å². The van der Waals surface area contributed by atoms with Crippen LogP contribution in [0, 0.1) is 0 Å². The average Bonchev–Trinajstić information content (AvgIpc) is 2.81. The molecule has 0 aliphatic rings. The second kappa shape index (κ2) is 8.41. The largest absolute Gasteiger partial charge is 0.481 e. The van der Waals surface area contributed by atoms with Crippen molar-refractivity contribution in [3.05, 3.63) is 16.5 Å². The van der Waals surface area contributed by atoms with Gasteiger partial charge in [0, 0.05) is 17.8 Å². The summed E-state index contributed by atoms with van der Waals surface area (Å²) in [6.07, 6.45) is 1.77. The van der Waals surface area contributed by atoms with Crippen LogP contribution in [0.4, 0.5) is 5.00 Å². The average molecular weight is 312 g/mol. The summed E-state index contributed by atoms with van der Waals surface area (Å²) in [6, 6.07) is 1.74. The first kappa shape index (κ1) is 17.2. The van der Waals surface area contributed by atoms with E-state index < -0.39 is 5.97 Å². The molecule has 0 spiro atoms. The Morgan fingerprint density at radius 3 is 2.52 bits per heavy atom. The first-order chi connectivity index (χ1) is 9.97. The number of amides is 2. The SMILES string of the molecule is CCCC(=O)Nc1sc(CC)cc1C(=O)NCCC(=O)O. The fourth-order valence-corrected chi connectivity index (χ4v) is 2.68. The number of rotatable bonds is 8. The number of aliphatic carboxylic acids is 1. The molecule has 116 valence electrons. The number of nitrogens with one attached hydrogen (secondary N) is 2. The van der Waals surface area contributed by atoms with Gasteiger partial charge in [0.1, 0.15) is 5.00 Å². The van der Waals surface area contributed by atoms with Crippen molar-refractivity contribution in [1.29, 1.82) is 0 Å². The van der Waals surface area contributed by atoms with Gasteiger partial charge in [-0.2, -0.15) is 0 Å². The molecule has 0 aliphatic carbocycles. The van der Waals surface area contributed by atoms with Gasteiger partial charge < -0.3 is 15.7 Å². The van der Waals surface area contributed by atoms with Gasteiger partial charge in [0.25, 0.3) is 5.91 Å². The van der Waals surface area contributed by atoms with Crippen LogP contribution >= 0.6 is 11.3 Å². The molecule has 1 rings (SSSR count). The highest BCUT2D eigenvalue weighted by Gasteiger charge is 2.17. The molecule has 0 unspecified atom stereocenters. The predicted molar refractivity (Wildman–Crippen MR) is 81.8 cm³/mol. The second-order valence-electron chi connectivity index (χ2n) is 4.51. The molecule has 0 atom stereocenters. The third kappa shape index (κ3) is 5.55. The number of aryl methyl sites for hydroxylation is 1. The van der Waals surface area contributed by atoms with Crippen LogP contribution in [-0.4, -0.2) is 29.4 Å². The lowest BCUT2D eigenvalue weighted by Gasteiger charge is -2.06. The smallest absolute Gasteiger partial charge is 0.305 e. The molecule has 0 bridgehead atoms. The monoisotopic (exact) mass is 312 g/mol. The molecule has 0 aromatic carbocycles. The second-order valence-corrected chi connectivity index (χ2v) is 5.64. The lowest BCUT2D eigenvalue weighted by Crippen LogP contribution is -2.26. The van der Waals surface area contributed by atoms with E-state index in [4.69, 9.17) is 5.11 Å². The summed E-state index contributed by atoms with van der Waals surface area (Å²) in [6.45, 7) is 3.94. The van der Waals surface area contributed by atoms with Crippen molar-refractivity contribution in [3.63, 3.8) is 0 Å². The Labute approximate surface area is 127 Å². The van der Waals surface area contributed by atoms with Gasteiger partial charge in [-0.05, 0) is 18.9 Å². The maximum atomic E-state index is 12.1. The first-order valence-corrected chi connectivity index (χ1v) is 7.72. The summed E-state index contributed by atoms with van der Waals surface area (Å²) in [7, 11) is 0. The van der Waals surface area contributed by atoms with Gasteiger partial charge in [0.15, 0.2) is 0 Å². The predicted octanol–water partition coefficient (Wildman–Crippen LogP) is 2.25. The van der Waals surface area contributed by atoms with Crippen molar-refractivity contribution >= 4 is 34.1 Å². The van der Waals surface area contributed by atoms with Crippen LogP contribution in [-0.2, 0) is 16.0 Å². The Kier molecular flexibility index (Phi) is 6.87. The van der Waals surface area contributed by atoms with Crippen LogP contribution in [0.25, 0.3) is 0 Å². The van der Waals surface area contributed by atoms with Gasteiger partial charge in [-0.1, -0.05) is 13.8 Å². The number of carbonyl (C=O) groups is 3. The lowest BCUT2D eigenvalue weighted by atomic mass is 10.2. The number of hydrogen-bond donors (Lipinski definition) is 3. The molecule has 6 nitrogen and oxygen atoms in total. The normalized spacial score (nSPS) is 10.2. The standard InChI is InChI=1S/C14H20N2O4S/c1-3-5-11(17)16-14-10(8-9(4-2)21-14)13(20)15-7-6-12(18)19/h8H,3-7H2,1-2H3,(H,15,20)(H,16,17)(H,18,19). The van der Waals surface area contributed by atoms with Gasteiger partial charge in [0.05, 0.1) is 12.0 Å². The van der Waals surface area contributed by atoms with Gasteiger partial charge in [-0.25, -0.2) is 0 Å². The van der Waals surface area contributed by atoms with Crippen molar-refractivity contribution in [2.24, 2.45) is 0 Å². The molecule has 1 aromatic rings. The molecule has 0 aliphatic heterocycles. The molecule has 21 heavy (non-hydrogen) atoms. The molecule has 2 amide bonds. The van der Waals surface area contributed by atoms with Gasteiger partial charge in [0.2, 0.25) is 5.91 Å². The molecular weight excluding hydrogens is 292 g/mol. The fraction of sp³-hybridized carbons (Fsp3) is 0.500. The molecular formula is C14H20N2O4S. The van der Waals surface area contributed by atoms with Crippen molar-refractivity contribution in [1.82, 2.24) is 5.32 Å². The van der Waals surface area contributed by atoms with E-state index in [9.17, 15) is 14.4 Å². The third-order valence-electron chi connectivity index (χ3n) is 2.73. The molecule has 0 fully saturated rings. The number of thiophene rings is 1. The molecule has 0 radical (unpaired) electrons. The van der Waals surface area contributed by atoms with E-state index >= 15 is 0 Å². The zero-order chi connectivity index (χ0) is 15.8. The fourth-order valence-electron chi connectivity index (χ4n) is 1.67. The van der Waals surface area contributed by atoms with Gasteiger partial charge >= 0.3 is 5.97 Å². The van der Waals surface area contributed by atoms with E-state index in [2.05, 4.69) is 10.6 Å². The molecule has 7 heteroatoms. The number of carbonyl (C=O) groups excluding carboxylic acids is 2.